The zero-order valence-electron chi connectivity index (χ0n) is 11.9. The number of carbonyl (C=O) groups is 2. The van der Waals surface area contributed by atoms with Crippen LogP contribution in [0.5, 0.6) is 0 Å². The smallest absolute Gasteiger partial charge is 0.336 e. The maximum absolute atomic E-state index is 13.7. The predicted molar refractivity (Wildman–Crippen MR) is 85.3 cm³/mol. The molecule has 0 heterocycles. The topological polar surface area (TPSA) is 66.4 Å². The average molecular weight is 309 g/mol. The van der Waals surface area contributed by atoms with Gasteiger partial charge < -0.3 is 10.4 Å². The van der Waals surface area contributed by atoms with E-state index in [-0.39, 0.29) is 16.8 Å². The molecule has 0 unspecified atom stereocenters. The number of benzene rings is 3. The third-order valence-electron chi connectivity index (χ3n) is 3.50. The summed E-state index contributed by atoms with van der Waals surface area (Å²) in [7, 11) is 0. The SMILES string of the molecule is O=C(O)c1cccc2cccc(C(=O)Nc3ccccc3F)c12. The molecule has 3 rings (SSSR count). The molecule has 0 atom stereocenters. The fraction of sp³-hybridized carbons (Fsp3) is 0. The molecule has 0 saturated heterocycles. The number of anilines is 1. The molecule has 0 aromatic heterocycles. The number of aromatic carboxylic acids is 1. The number of carboxylic acids is 1. The predicted octanol–water partition coefficient (Wildman–Crippen LogP) is 3.93. The molecule has 3 aromatic rings. The lowest BCUT2D eigenvalue weighted by Crippen LogP contribution is -2.14. The average Bonchev–Trinajstić information content (AvgIpc) is 2.55. The minimum absolute atomic E-state index is 0.0294. The fourth-order valence-electron chi connectivity index (χ4n) is 2.46. The molecule has 0 spiro atoms. The van der Waals surface area contributed by atoms with E-state index in [2.05, 4.69) is 5.32 Å². The minimum atomic E-state index is -1.12. The van der Waals surface area contributed by atoms with Gasteiger partial charge in [0.2, 0.25) is 0 Å². The van der Waals surface area contributed by atoms with E-state index >= 15 is 0 Å². The van der Waals surface area contributed by atoms with Crippen molar-refractivity contribution in [2.75, 3.05) is 5.32 Å². The molecule has 4 nitrogen and oxygen atoms in total. The Morgan fingerprint density at radius 1 is 0.870 bits per heavy atom. The van der Waals surface area contributed by atoms with Crippen LogP contribution in [0.15, 0.2) is 60.7 Å². The van der Waals surface area contributed by atoms with Crippen molar-refractivity contribution in [3.05, 3.63) is 77.6 Å². The van der Waals surface area contributed by atoms with Crippen molar-refractivity contribution >= 4 is 28.3 Å². The van der Waals surface area contributed by atoms with Crippen LogP contribution in [-0.2, 0) is 0 Å². The van der Waals surface area contributed by atoms with E-state index < -0.39 is 17.7 Å². The van der Waals surface area contributed by atoms with E-state index in [1.165, 1.54) is 30.3 Å². The summed E-state index contributed by atoms with van der Waals surface area (Å²) in [6, 6.07) is 15.5. The van der Waals surface area contributed by atoms with Crippen LogP contribution in [0.3, 0.4) is 0 Å². The van der Waals surface area contributed by atoms with Crippen molar-refractivity contribution in [3.63, 3.8) is 0 Å². The van der Waals surface area contributed by atoms with Crippen molar-refractivity contribution in [2.45, 2.75) is 0 Å². The van der Waals surface area contributed by atoms with Crippen LogP contribution in [0, 0.1) is 5.82 Å². The number of nitrogens with one attached hydrogen (secondary N) is 1. The number of carboxylic acid groups (broad SMARTS) is 1. The lowest BCUT2D eigenvalue weighted by atomic mass is 9.98. The zero-order valence-corrected chi connectivity index (χ0v) is 11.9. The number of carbonyl (C=O) groups excluding carboxylic acids is 1. The fourth-order valence-corrected chi connectivity index (χ4v) is 2.46. The minimum Gasteiger partial charge on any atom is -0.478 e. The first-order valence-electron chi connectivity index (χ1n) is 6.89. The first-order chi connectivity index (χ1) is 11.1. The molecular formula is C18H12FNO3. The standard InChI is InChI=1S/C18H12FNO3/c19-14-9-1-2-10-15(14)20-17(21)12-7-3-5-11-6-4-8-13(16(11)12)18(22)23/h1-10H,(H,20,21)(H,22,23). The molecule has 1 amide bonds. The summed E-state index contributed by atoms with van der Waals surface area (Å²) in [5.41, 5.74) is 0.257. The molecule has 23 heavy (non-hydrogen) atoms. The molecule has 0 fully saturated rings. The van der Waals surface area contributed by atoms with Gasteiger partial charge >= 0.3 is 5.97 Å². The second kappa shape index (κ2) is 5.88. The number of rotatable bonds is 3. The molecule has 0 aliphatic carbocycles. The third-order valence-corrected chi connectivity index (χ3v) is 3.50. The largest absolute Gasteiger partial charge is 0.478 e. The monoisotopic (exact) mass is 309 g/mol. The van der Waals surface area contributed by atoms with Gasteiger partial charge in [-0.3, -0.25) is 4.79 Å². The van der Waals surface area contributed by atoms with E-state index in [1.54, 1.807) is 30.3 Å². The summed E-state index contributed by atoms with van der Waals surface area (Å²) < 4.78 is 13.7. The highest BCUT2D eigenvalue weighted by atomic mass is 19.1. The number of halogens is 1. The van der Waals surface area contributed by atoms with Crippen LogP contribution < -0.4 is 5.32 Å². The Bertz CT molecular complexity index is 916. The van der Waals surface area contributed by atoms with Crippen LogP contribution in [0.4, 0.5) is 10.1 Å². The van der Waals surface area contributed by atoms with Crippen LogP contribution in [0.2, 0.25) is 0 Å². The highest BCUT2D eigenvalue weighted by Crippen LogP contribution is 2.24. The molecule has 0 saturated carbocycles. The van der Waals surface area contributed by atoms with Crippen molar-refractivity contribution in [1.29, 1.82) is 0 Å². The number of amides is 1. The maximum atomic E-state index is 13.7. The van der Waals surface area contributed by atoms with Crippen molar-refractivity contribution in [3.8, 4) is 0 Å². The van der Waals surface area contributed by atoms with Gasteiger partial charge in [-0.2, -0.15) is 0 Å². The molecule has 3 aromatic carbocycles. The Kier molecular flexibility index (Phi) is 3.76. The molecule has 0 radical (unpaired) electrons. The van der Waals surface area contributed by atoms with Gasteiger partial charge in [-0.25, -0.2) is 9.18 Å². The first kappa shape index (κ1) is 14.7. The second-order valence-electron chi connectivity index (χ2n) is 4.95. The first-order valence-corrected chi connectivity index (χ1v) is 6.89. The number of hydrogen-bond acceptors (Lipinski definition) is 2. The summed E-state index contributed by atoms with van der Waals surface area (Å²) in [5, 5.41) is 12.8. The summed E-state index contributed by atoms with van der Waals surface area (Å²) in [6.45, 7) is 0. The van der Waals surface area contributed by atoms with Crippen LogP contribution in [0.1, 0.15) is 20.7 Å². The number of fused-ring (bicyclic) bond motifs is 1. The normalized spacial score (nSPS) is 10.5. The van der Waals surface area contributed by atoms with Crippen molar-refractivity contribution in [2.24, 2.45) is 0 Å². The molecule has 0 bridgehead atoms. The second-order valence-corrected chi connectivity index (χ2v) is 4.95. The Labute approximate surface area is 131 Å². The molecule has 114 valence electrons. The Morgan fingerprint density at radius 3 is 2.17 bits per heavy atom. The van der Waals surface area contributed by atoms with E-state index in [4.69, 9.17) is 0 Å². The lowest BCUT2D eigenvalue weighted by Gasteiger charge is -2.10. The summed E-state index contributed by atoms with van der Waals surface area (Å²) in [6.07, 6.45) is 0. The summed E-state index contributed by atoms with van der Waals surface area (Å²) in [5.74, 6) is -2.24. The highest BCUT2D eigenvalue weighted by Gasteiger charge is 2.17. The van der Waals surface area contributed by atoms with Gasteiger partial charge in [0.15, 0.2) is 0 Å². The van der Waals surface area contributed by atoms with Crippen LogP contribution >= 0.6 is 0 Å². The van der Waals surface area contributed by atoms with Gasteiger partial charge in [0, 0.05) is 10.9 Å². The van der Waals surface area contributed by atoms with Gasteiger partial charge in [-0.05, 0) is 29.7 Å². The van der Waals surface area contributed by atoms with Gasteiger partial charge in [-0.15, -0.1) is 0 Å². The zero-order chi connectivity index (χ0) is 16.4. The van der Waals surface area contributed by atoms with E-state index in [1.807, 2.05) is 0 Å². The van der Waals surface area contributed by atoms with Crippen molar-refractivity contribution < 1.29 is 19.1 Å². The summed E-state index contributed by atoms with van der Waals surface area (Å²) >= 11 is 0. The maximum Gasteiger partial charge on any atom is 0.336 e. The number of hydrogen-bond donors (Lipinski definition) is 2. The van der Waals surface area contributed by atoms with E-state index in [9.17, 15) is 19.1 Å². The molecule has 0 aliphatic rings. The van der Waals surface area contributed by atoms with Gasteiger partial charge in [0.1, 0.15) is 5.82 Å². The third kappa shape index (κ3) is 2.76. The van der Waals surface area contributed by atoms with Crippen molar-refractivity contribution in [1.82, 2.24) is 0 Å². The summed E-state index contributed by atoms with van der Waals surface area (Å²) in [4.78, 5) is 23.9. The Balaban J connectivity index is 2.11. The van der Waals surface area contributed by atoms with Crippen LogP contribution in [0.25, 0.3) is 10.8 Å². The molecule has 5 heteroatoms. The molecule has 0 aliphatic heterocycles. The van der Waals surface area contributed by atoms with Gasteiger partial charge in [0.25, 0.3) is 5.91 Å². The van der Waals surface area contributed by atoms with E-state index in [0.717, 1.165) is 0 Å². The molecular weight excluding hydrogens is 297 g/mol. The number of para-hydroxylation sites is 1. The molecule has 2 N–H and O–H groups in total. The Hall–Kier alpha value is -3.21. The van der Waals surface area contributed by atoms with E-state index in [0.29, 0.717) is 10.8 Å². The lowest BCUT2D eigenvalue weighted by molar-refractivity contribution is 0.0699. The van der Waals surface area contributed by atoms with Gasteiger partial charge in [0.05, 0.1) is 11.3 Å². The Morgan fingerprint density at radius 2 is 1.52 bits per heavy atom. The highest BCUT2D eigenvalue weighted by molar-refractivity contribution is 6.17. The van der Waals surface area contributed by atoms with Crippen LogP contribution in [-0.4, -0.2) is 17.0 Å². The quantitative estimate of drug-likeness (QED) is 0.770. The van der Waals surface area contributed by atoms with Gasteiger partial charge in [-0.1, -0.05) is 36.4 Å².